The van der Waals surface area contributed by atoms with Crippen LogP contribution in [0.4, 0.5) is 10.3 Å². The van der Waals surface area contributed by atoms with Gasteiger partial charge in [-0.15, -0.1) is 0 Å². The van der Waals surface area contributed by atoms with Gasteiger partial charge in [-0.3, -0.25) is 0 Å². The zero-order valence-electron chi connectivity index (χ0n) is 10.6. The van der Waals surface area contributed by atoms with Crippen LogP contribution in [0.5, 0.6) is 5.75 Å². The molecule has 20 heavy (non-hydrogen) atoms. The van der Waals surface area contributed by atoms with Crippen molar-refractivity contribution in [3.63, 3.8) is 0 Å². The molecular formula is C12H12FN3O3S. The summed E-state index contributed by atoms with van der Waals surface area (Å²) in [6.07, 6.45) is 2.78. The summed E-state index contributed by atoms with van der Waals surface area (Å²) < 4.78 is 44.9. The Labute approximate surface area is 115 Å². The normalized spacial score (nSPS) is 11.1. The SMILES string of the molecule is CCOc1ccc(S(=O)(=O)Nc2ncccn2)cc1F. The molecule has 1 heterocycles. The number of hydrogen-bond donors (Lipinski definition) is 1. The Morgan fingerprint density at radius 3 is 2.60 bits per heavy atom. The van der Waals surface area contributed by atoms with Crippen molar-refractivity contribution < 1.29 is 17.5 Å². The van der Waals surface area contributed by atoms with Crippen LogP contribution in [-0.2, 0) is 10.0 Å². The standard InChI is InChI=1S/C12H12FN3O3S/c1-2-19-11-5-4-9(8-10(11)13)20(17,18)16-12-14-6-3-7-15-12/h3-8H,2H2,1H3,(H,14,15,16). The summed E-state index contributed by atoms with van der Waals surface area (Å²) >= 11 is 0. The zero-order chi connectivity index (χ0) is 14.6. The van der Waals surface area contributed by atoms with Crippen molar-refractivity contribution in [3.8, 4) is 5.75 Å². The molecule has 1 aromatic carbocycles. The van der Waals surface area contributed by atoms with Gasteiger partial charge in [-0.05, 0) is 31.2 Å². The fraction of sp³-hybridized carbons (Fsp3) is 0.167. The van der Waals surface area contributed by atoms with E-state index in [1.807, 2.05) is 0 Å². The smallest absolute Gasteiger partial charge is 0.264 e. The zero-order valence-corrected chi connectivity index (χ0v) is 11.4. The molecule has 2 aromatic rings. The lowest BCUT2D eigenvalue weighted by Gasteiger charge is -2.08. The van der Waals surface area contributed by atoms with Gasteiger partial charge in [0.05, 0.1) is 11.5 Å². The Hall–Kier alpha value is -2.22. The van der Waals surface area contributed by atoms with E-state index in [1.165, 1.54) is 24.5 Å². The Kier molecular flexibility index (Phi) is 4.14. The number of rotatable bonds is 5. The number of nitrogens with zero attached hydrogens (tertiary/aromatic N) is 2. The summed E-state index contributed by atoms with van der Waals surface area (Å²) in [7, 11) is -3.94. The minimum atomic E-state index is -3.94. The van der Waals surface area contributed by atoms with Crippen molar-refractivity contribution >= 4 is 16.0 Å². The van der Waals surface area contributed by atoms with Gasteiger partial charge in [0, 0.05) is 12.4 Å². The van der Waals surface area contributed by atoms with Crippen LogP contribution in [0.3, 0.4) is 0 Å². The van der Waals surface area contributed by atoms with Crippen LogP contribution in [0.15, 0.2) is 41.6 Å². The molecule has 106 valence electrons. The molecule has 0 unspecified atom stereocenters. The van der Waals surface area contributed by atoms with Crippen molar-refractivity contribution in [2.24, 2.45) is 0 Å². The molecule has 1 N–H and O–H groups in total. The van der Waals surface area contributed by atoms with Gasteiger partial charge in [0.15, 0.2) is 11.6 Å². The Morgan fingerprint density at radius 2 is 2.00 bits per heavy atom. The molecule has 0 radical (unpaired) electrons. The van der Waals surface area contributed by atoms with Crippen LogP contribution >= 0.6 is 0 Å². The average Bonchev–Trinajstić information content (AvgIpc) is 2.42. The first-order chi connectivity index (χ1) is 9.53. The summed E-state index contributed by atoms with van der Waals surface area (Å²) in [5.74, 6) is -0.826. The molecule has 6 nitrogen and oxygen atoms in total. The molecule has 0 fully saturated rings. The van der Waals surface area contributed by atoms with E-state index in [-0.39, 0.29) is 16.6 Å². The molecule has 1 aromatic heterocycles. The Balaban J connectivity index is 2.28. The number of nitrogens with one attached hydrogen (secondary N) is 1. The highest BCUT2D eigenvalue weighted by atomic mass is 32.2. The van der Waals surface area contributed by atoms with Gasteiger partial charge >= 0.3 is 0 Å². The summed E-state index contributed by atoms with van der Waals surface area (Å²) in [6.45, 7) is 2.00. The highest BCUT2D eigenvalue weighted by Gasteiger charge is 2.17. The van der Waals surface area contributed by atoms with Gasteiger partial charge in [0.2, 0.25) is 5.95 Å². The van der Waals surface area contributed by atoms with E-state index in [9.17, 15) is 12.8 Å². The van der Waals surface area contributed by atoms with Gasteiger partial charge in [-0.1, -0.05) is 0 Å². The third kappa shape index (κ3) is 3.21. The molecule has 0 amide bonds. The van der Waals surface area contributed by atoms with E-state index in [4.69, 9.17) is 4.74 Å². The lowest BCUT2D eigenvalue weighted by molar-refractivity contribution is 0.321. The molecule has 8 heteroatoms. The van der Waals surface area contributed by atoms with Crippen LogP contribution in [0.2, 0.25) is 0 Å². The minimum Gasteiger partial charge on any atom is -0.491 e. The van der Waals surface area contributed by atoms with E-state index in [1.54, 1.807) is 13.0 Å². The average molecular weight is 297 g/mol. The van der Waals surface area contributed by atoms with Gasteiger partial charge in [0.1, 0.15) is 0 Å². The highest BCUT2D eigenvalue weighted by Crippen LogP contribution is 2.22. The number of anilines is 1. The van der Waals surface area contributed by atoms with Gasteiger partial charge in [-0.2, -0.15) is 0 Å². The molecule has 2 rings (SSSR count). The predicted molar refractivity (Wildman–Crippen MR) is 70.4 cm³/mol. The third-order valence-electron chi connectivity index (χ3n) is 2.30. The van der Waals surface area contributed by atoms with Crippen LogP contribution < -0.4 is 9.46 Å². The number of halogens is 1. The molecule has 0 saturated carbocycles. The minimum absolute atomic E-state index is 0.00223. The monoisotopic (exact) mass is 297 g/mol. The summed E-state index contributed by atoms with van der Waals surface area (Å²) in [5.41, 5.74) is 0. The maximum absolute atomic E-state index is 13.7. The molecule has 0 aliphatic rings. The van der Waals surface area contributed by atoms with Crippen molar-refractivity contribution in [1.29, 1.82) is 0 Å². The van der Waals surface area contributed by atoms with E-state index >= 15 is 0 Å². The Morgan fingerprint density at radius 1 is 1.30 bits per heavy atom. The topological polar surface area (TPSA) is 81.2 Å². The highest BCUT2D eigenvalue weighted by molar-refractivity contribution is 7.92. The van der Waals surface area contributed by atoms with Crippen LogP contribution in [0.1, 0.15) is 6.92 Å². The van der Waals surface area contributed by atoms with Crippen LogP contribution in [0.25, 0.3) is 0 Å². The quantitative estimate of drug-likeness (QED) is 0.910. The van der Waals surface area contributed by atoms with E-state index in [2.05, 4.69) is 14.7 Å². The van der Waals surface area contributed by atoms with E-state index in [0.29, 0.717) is 6.61 Å². The summed E-state index contributed by atoms with van der Waals surface area (Å²) in [4.78, 5) is 7.25. The fourth-order valence-electron chi connectivity index (χ4n) is 1.45. The molecule has 0 saturated heterocycles. The molecule has 0 atom stereocenters. The first-order valence-corrected chi connectivity index (χ1v) is 7.23. The number of ether oxygens (including phenoxy) is 1. The first-order valence-electron chi connectivity index (χ1n) is 5.75. The lowest BCUT2D eigenvalue weighted by Crippen LogP contribution is -2.15. The number of aromatic nitrogens is 2. The second kappa shape index (κ2) is 5.83. The number of sulfonamides is 1. The lowest BCUT2D eigenvalue weighted by atomic mass is 10.3. The second-order valence-electron chi connectivity index (χ2n) is 3.70. The molecule has 0 spiro atoms. The first kappa shape index (κ1) is 14.2. The molecule has 0 bridgehead atoms. The van der Waals surface area contributed by atoms with E-state index < -0.39 is 15.8 Å². The van der Waals surface area contributed by atoms with Crippen LogP contribution in [-0.4, -0.2) is 25.0 Å². The van der Waals surface area contributed by atoms with Gasteiger partial charge in [0.25, 0.3) is 10.0 Å². The van der Waals surface area contributed by atoms with Gasteiger partial charge < -0.3 is 4.74 Å². The maximum atomic E-state index is 13.7. The number of hydrogen-bond acceptors (Lipinski definition) is 5. The van der Waals surface area contributed by atoms with Crippen molar-refractivity contribution in [2.75, 3.05) is 11.3 Å². The van der Waals surface area contributed by atoms with E-state index in [0.717, 1.165) is 6.07 Å². The molecule has 0 aliphatic heterocycles. The number of benzene rings is 1. The van der Waals surface area contributed by atoms with Crippen LogP contribution in [0, 0.1) is 5.82 Å². The molecule has 0 aliphatic carbocycles. The third-order valence-corrected chi connectivity index (χ3v) is 3.63. The van der Waals surface area contributed by atoms with Crippen molar-refractivity contribution in [3.05, 3.63) is 42.5 Å². The second-order valence-corrected chi connectivity index (χ2v) is 5.39. The fourth-order valence-corrected chi connectivity index (χ4v) is 2.42. The van der Waals surface area contributed by atoms with Crippen molar-refractivity contribution in [2.45, 2.75) is 11.8 Å². The van der Waals surface area contributed by atoms with Crippen molar-refractivity contribution in [1.82, 2.24) is 9.97 Å². The summed E-state index contributed by atoms with van der Waals surface area (Å²) in [5, 5.41) is 0. The van der Waals surface area contributed by atoms with Gasteiger partial charge in [-0.25, -0.2) is 27.5 Å². The maximum Gasteiger partial charge on any atom is 0.264 e. The summed E-state index contributed by atoms with van der Waals surface area (Å²) in [6, 6.07) is 4.95. The predicted octanol–water partition coefficient (Wildman–Crippen LogP) is 1.82. The molecular weight excluding hydrogens is 285 g/mol. The largest absolute Gasteiger partial charge is 0.491 e. The Bertz CT molecular complexity index is 692.